The molecule has 0 aliphatic heterocycles. The quantitative estimate of drug-likeness (QED) is 0.810. The van der Waals surface area contributed by atoms with Crippen LogP contribution >= 0.6 is 11.6 Å². The molecule has 2 rings (SSSR count). The van der Waals surface area contributed by atoms with Crippen molar-refractivity contribution in [1.29, 1.82) is 0 Å². The third-order valence-corrected chi connectivity index (χ3v) is 6.20. The van der Waals surface area contributed by atoms with E-state index in [4.69, 9.17) is 17.3 Å². The second-order valence-corrected chi connectivity index (χ2v) is 7.98. The lowest BCUT2D eigenvalue weighted by molar-refractivity contribution is 0.162. The summed E-state index contributed by atoms with van der Waals surface area (Å²) in [5, 5.41) is 0.182. The molecule has 0 spiro atoms. The molecule has 1 saturated carbocycles. The maximum atomic E-state index is 12.5. The topological polar surface area (TPSA) is 75.4 Å². The van der Waals surface area contributed by atoms with Crippen molar-refractivity contribution in [2.24, 2.45) is 0 Å². The molecule has 3 N–H and O–H groups in total. The van der Waals surface area contributed by atoms with Crippen LogP contribution in [0.15, 0.2) is 23.1 Å². The van der Waals surface area contributed by atoms with Gasteiger partial charge in [-0.1, -0.05) is 24.4 Å². The van der Waals surface area contributed by atoms with Crippen molar-refractivity contribution in [3.8, 4) is 0 Å². The molecular formula is C14H22ClN3O2S. The Hall–Kier alpha value is -0.820. The normalized spacial score (nSPS) is 18.3. The Kier molecular flexibility index (Phi) is 4.82. The summed E-state index contributed by atoms with van der Waals surface area (Å²) in [4.78, 5) is 2.15. The van der Waals surface area contributed by atoms with E-state index in [9.17, 15) is 8.42 Å². The predicted molar refractivity (Wildman–Crippen MR) is 85.9 cm³/mol. The van der Waals surface area contributed by atoms with Crippen molar-refractivity contribution in [3.05, 3.63) is 23.2 Å². The van der Waals surface area contributed by atoms with Crippen molar-refractivity contribution < 1.29 is 8.42 Å². The van der Waals surface area contributed by atoms with E-state index in [0.717, 1.165) is 25.7 Å². The number of likely N-dealkylation sites (N-methyl/N-ethyl adjacent to an activating group) is 1. The highest BCUT2D eigenvalue weighted by Crippen LogP contribution is 2.33. The van der Waals surface area contributed by atoms with Gasteiger partial charge in [-0.15, -0.1) is 0 Å². The smallest absolute Gasteiger partial charge is 0.242 e. The molecule has 1 aromatic carbocycles. The van der Waals surface area contributed by atoms with Crippen LogP contribution in [-0.2, 0) is 10.0 Å². The average molecular weight is 332 g/mol. The van der Waals surface area contributed by atoms with Crippen molar-refractivity contribution in [2.45, 2.75) is 36.1 Å². The molecule has 1 aromatic rings. The van der Waals surface area contributed by atoms with Gasteiger partial charge in [-0.25, -0.2) is 13.1 Å². The summed E-state index contributed by atoms with van der Waals surface area (Å²) in [6, 6.07) is 4.48. The minimum atomic E-state index is -3.66. The lowest BCUT2D eigenvalue weighted by Crippen LogP contribution is -2.50. The molecule has 0 saturated heterocycles. The van der Waals surface area contributed by atoms with Gasteiger partial charge in [0, 0.05) is 17.8 Å². The standard InChI is InChI=1S/C14H22ClN3O2S/c1-18(2)14(7-3-4-8-14)10-17-21(19,20)13-9-11(16)5-6-12(13)15/h5-6,9,17H,3-4,7-8,10,16H2,1-2H3. The number of nitrogens with one attached hydrogen (secondary N) is 1. The van der Waals surface area contributed by atoms with Crippen LogP contribution in [0.4, 0.5) is 5.69 Å². The van der Waals surface area contributed by atoms with Crippen LogP contribution in [0.5, 0.6) is 0 Å². The third-order valence-electron chi connectivity index (χ3n) is 4.32. The summed E-state index contributed by atoms with van der Waals surface area (Å²) in [6.45, 7) is 0.382. The van der Waals surface area contributed by atoms with Gasteiger partial charge in [0.05, 0.1) is 5.02 Å². The Morgan fingerprint density at radius 3 is 2.52 bits per heavy atom. The molecule has 0 amide bonds. The van der Waals surface area contributed by atoms with Gasteiger partial charge in [-0.2, -0.15) is 0 Å². The highest BCUT2D eigenvalue weighted by atomic mass is 35.5. The second kappa shape index (κ2) is 6.12. The zero-order chi connectivity index (χ0) is 15.7. The van der Waals surface area contributed by atoms with Gasteiger partial charge in [0.15, 0.2) is 0 Å². The van der Waals surface area contributed by atoms with Gasteiger partial charge in [0.1, 0.15) is 4.90 Å². The molecule has 0 aromatic heterocycles. The maximum Gasteiger partial charge on any atom is 0.242 e. The Labute approximate surface area is 131 Å². The first kappa shape index (κ1) is 16.5. The van der Waals surface area contributed by atoms with Crippen LogP contribution in [0.3, 0.4) is 0 Å². The van der Waals surface area contributed by atoms with Crippen LogP contribution in [0.2, 0.25) is 5.02 Å². The number of hydrogen-bond donors (Lipinski definition) is 2. The number of rotatable bonds is 5. The molecular weight excluding hydrogens is 310 g/mol. The number of nitrogens with two attached hydrogens (primary N) is 1. The van der Waals surface area contributed by atoms with Crippen LogP contribution in [0.1, 0.15) is 25.7 Å². The first-order chi connectivity index (χ1) is 9.77. The fourth-order valence-corrected chi connectivity index (χ4v) is 4.50. The first-order valence-corrected chi connectivity index (χ1v) is 8.85. The van der Waals surface area contributed by atoms with Crippen LogP contribution in [0, 0.1) is 0 Å². The van der Waals surface area contributed by atoms with Gasteiger partial charge in [0.2, 0.25) is 10.0 Å². The van der Waals surface area contributed by atoms with Crippen molar-refractivity contribution in [2.75, 3.05) is 26.4 Å². The molecule has 0 atom stereocenters. The summed E-state index contributed by atoms with van der Waals surface area (Å²) >= 11 is 5.99. The number of halogens is 1. The van der Waals surface area contributed by atoms with Gasteiger partial charge < -0.3 is 10.6 Å². The van der Waals surface area contributed by atoms with E-state index < -0.39 is 10.0 Å². The maximum absolute atomic E-state index is 12.5. The fourth-order valence-electron chi connectivity index (χ4n) is 2.85. The van der Waals surface area contributed by atoms with Crippen molar-refractivity contribution in [1.82, 2.24) is 9.62 Å². The molecule has 21 heavy (non-hydrogen) atoms. The molecule has 5 nitrogen and oxygen atoms in total. The SMILES string of the molecule is CN(C)C1(CNS(=O)(=O)c2cc(N)ccc2Cl)CCCC1. The molecule has 0 unspecified atom stereocenters. The van der Waals surface area contributed by atoms with E-state index in [1.165, 1.54) is 12.1 Å². The predicted octanol–water partition coefficient (Wildman–Crippen LogP) is 2.07. The van der Waals surface area contributed by atoms with Gasteiger partial charge in [-0.3, -0.25) is 0 Å². The summed E-state index contributed by atoms with van der Waals surface area (Å²) in [7, 11) is 0.325. The van der Waals surface area contributed by atoms with Crippen molar-refractivity contribution >= 4 is 27.3 Å². The van der Waals surface area contributed by atoms with E-state index in [2.05, 4.69) is 9.62 Å². The van der Waals surface area contributed by atoms with Gasteiger partial charge in [0.25, 0.3) is 0 Å². The molecule has 7 heteroatoms. The number of benzene rings is 1. The van der Waals surface area contributed by atoms with E-state index in [1.54, 1.807) is 6.07 Å². The Morgan fingerprint density at radius 1 is 1.33 bits per heavy atom. The molecule has 0 radical (unpaired) electrons. The Bertz CT molecular complexity index is 611. The Balaban J connectivity index is 2.20. The fraction of sp³-hybridized carbons (Fsp3) is 0.571. The largest absolute Gasteiger partial charge is 0.399 e. The minimum absolute atomic E-state index is 0.0380. The van der Waals surface area contributed by atoms with Crippen molar-refractivity contribution in [3.63, 3.8) is 0 Å². The third kappa shape index (κ3) is 3.51. The number of nitrogen functional groups attached to an aromatic ring is 1. The lowest BCUT2D eigenvalue weighted by atomic mass is 9.97. The average Bonchev–Trinajstić information content (AvgIpc) is 2.89. The lowest BCUT2D eigenvalue weighted by Gasteiger charge is -2.36. The van der Waals surface area contributed by atoms with E-state index >= 15 is 0 Å². The molecule has 0 heterocycles. The highest BCUT2D eigenvalue weighted by molar-refractivity contribution is 7.89. The van der Waals surface area contributed by atoms with Gasteiger partial charge >= 0.3 is 0 Å². The second-order valence-electron chi connectivity index (χ2n) is 5.84. The first-order valence-electron chi connectivity index (χ1n) is 6.99. The van der Waals surface area contributed by atoms with Crippen LogP contribution < -0.4 is 10.5 Å². The van der Waals surface area contributed by atoms with E-state index in [1.807, 2.05) is 14.1 Å². The number of nitrogens with zero attached hydrogens (tertiary/aromatic N) is 1. The molecule has 1 aliphatic carbocycles. The molecule has 0 bridgehead atoms. The summed E-state index contributed by atoms with van der Waals surface area (Å²) < 4.78 is 27.6. The molecule has 1 aliphatic rings. The van der Waals surface area contributed by atoms with Crippen LogP contribution in [-0.4, -0.2) is 39.5 Å². The van der Waals surface area contributed by atoms with Crippen LogP contribution in [0.25, 0.3) is 0 Å². The molecule has 118 valence electrons. The van der Waals surface area contributed by atoms with E-state index in [0.29, 0.717) is 12.2 Å². The van der Waals surface area contributed by atoms with Gasteiger partial charge in [-0.05, 0) is 45.1 Å². The monoisotopic (exact) mass is 331 g/mol. The number of hydrogen-bond acceptors (Lipinski definition) is 4. The summed E-state index contributed by atoms with van der Waals surface area (Å²) in [6.07, 6.45) is 4.23. The number of sulfonamides is 1. The summed E-state index contributed by atoms with van der Waals surface area (Å²) in [5.74, 6) is 0. The highest BCUT2D eigenvalue weighted by Gasteiger charge is 2.37. The number of anilines is 1. The minimum Gasteiger partial charge on any atom is -0.399 e. The Morgan fingerprint density at radius 2 is 1.95 bits per heavy atom. The molecule has 1 fully saturated rings. The zero-order valence-electron chi connectivity index (χ0n) is 12.4. The van der Waals surface area contributed by atoms with E-state index in [-0.39, 0.29) is 15.5 Å². The zero-order valence-corrected chi connectivity index (χ0v) is 14.0. The summed E-state index contributed by atoms with van der Waals surface area (Å²) in [5.41, 5.74) is 5.92.